The van der Waals surface area contributed by atoms with Crippen molar-refractivity contribution in [2.45, 2.75) is 19.8 Å². The van der Waals surface area contributed by atoms with Crippen molar-refractivity contribution in [2.75, 3.05) is 25.4 Å². The Morgan fingerprint density at radius 3 is 2.82 bits per heavy atom. The lowest BCUT2D eigenvalue weighted by molar-refractivity contribution is 0.373. The standard InChI is InChI=1S/C10H8N4S.C6H11N/c11-3-6-5-1-2-8-7(4-13-14-8)9(5)15-10(6)12;1-2-7-5-3-4-6-7/h4H,1-2,12H2,(H,13,14);3-4H,2,5-6H2,1H3. The lowest BCUT2D eigenvalue weighted by atomic mass is 9.94. The third kappa shape index (κ3) is 2.65. The summed E-state index contributed by atoms with van der Waals surface area (Å²) in [5.41, 5.74) is 9.82. The van der Waals surface area contributed by atoms with Crippen molar-refractivity contribution in [3.63, 3.8) is 0 Å². The van der Waals surface area contributed by atoms with Crippen LogP contribution in [-0.2, 0) is 12.8 Å². The number of hydrogen-bond donors (Lipinski definition) is 2. The Morgan fingerprint density at radius 2 is 2.18 bits per heavy atom. The highest BCUT2D eigenvalue weighted by Crippen LogP contribution is 2.42. The van der Waals surface area contributed by atoms with Gasteiger partial charge in [0.15, 0.2) is 0 Å². The second-order valence-electron chi connectivity index (χ2n) is 5.35. The maximum atomic E-state index is 9.02. The fraction of sp³-hybridized carbons (Fsp3) is 0.375. The van der Waals surface area contributed by atoms with E-state index in [-0.39, 0.29) is 0 Å². The van der Waals surface area contributed by atoms with Gasteiger partial charge < -0.3 is 5.73 Å². The van der Waals surface area contributed by atoms with Crippen LogP contribution in [0.15, 0.2) is 18.3 Å². The van der Waals surface area contributed by atoms with E-state index < -0.39 is 0 Å². The molecule has 1 aliphatic heterocycles. The van der Waals surface area contributed by atoms with Gasteiger partial charge in [0, 0.05) is 29.2 Å². The summed E-state index contributed by atoms with van der Waals surface area (Å²) in [7, 11) is 0. The van der Waals surface area contributed by atoms with E-state index in [0.29, 0.717) is 10.6 Å². The number of H-pyrrole nitrogens is 1. The first kappa shape index (κ1) is 14.8. The largest absolute Gasteiger partial charge is 0.389 e. The van der Waals surface area contributed by atoms with Crippen LogP contribution in [0.3, 0.4) is 0 Å². The molecule has 2 aliphatic rings. The number of hydrogen-bond acceptors (Lipinski definition) is 5. The van der Waals surface area contributed by atoms with Crippen LogP contribution in [0.5, 0.6) is 0 Å². The van der Waals surface area contributed by atoms with Gasteiger partial charge in [0.2, 0.25) is 0 Å². The van der Waals surface area contributed by atoms with Gasteiger partial charge in [-0.3, -0.25) is 10.00 Å². The highest BCUT2D eigenvalue weighted by atomic mass is 32.1. The number of aromatic amines is 1. The van der Waals surface area contributed by atoms with Crippen LogP contribution >= 0.6 is 11.3 Å². The molecular formula is C16H19N5S. The molecule has 4 rings (SSSR count). The maximum absolute atomic E-state index is 9.02. The van der Waals surface area contributed by atoms with E-state index in [1.807, 2.05) is 6.20 Å². The van der Waals surface area contributed by atoms with Gasteiger partial charge in [0.05, 0.1) is 11.8 Å². The third-order valence-corrected chi connectivity index (χ3v) is 5.17. The average Bonchev–Trinajstić information content (AvgIpc) is 3.26. The molecule has 6 heteroatoms. The molecule has 0 saturated heterocycles. The van der Waals surface area contributed by atoms with Gasteiger partial charge in [0.1, 0.15) is 11.1 Å². The van der Waals surface area contributed by atoms with Crippen molar-refractivity contribution in [3.05, 3.63) is 35.2 Å². The highest BCUT2D eigenvalue weighted by Gasteiger charge is 2.24. The number of nitriles is 1. The van der Waals surface area contributed by atoms with E-state index in [2.05, 4.69) is 40.2 Å². The molecule has 0 saturated carbocycles. The molecule has 22 heavy (non-hydrogen) atoms. The van der Waals surface area contributed by atoms with Gasteiger partial charge >= 0.3 is 0 Å². The summed E-state index contributed by atoms with van der Waals surface area (Å²) in [4.78, 5) is 3.49. The van der Waals surface area contributed by atoms with Crippen LogP contribution in [0.25, 0.3) is 10.4 Å². The molecule has 114 valence electrons. The molecule has 0 radical (unpaired) electrons. The molecule has 3 N–H and O–H groups in total. The summed E-state index contributed by atoms with van der Waals surface area (Å²) in [5.74, 6) is 0. The predicted octanol–water partition coefficient (Wildman–Crippen LogP) is 2.57. The summed E-state index contributed by atoms with van der Waals surface area (Å²) in [5, 5.41) is 16.6. The van der Waals surface area contributed by atoms with E-state index in [1.54, 1.807) is 0 Å². The van der Waals surface area contributed by atoms with Crippen molar-refractivity contribution in [3.8, 4) is 16.5 Å². The lowest BCUT2D eigenvalue weighted by Crippen LogP contribution is -2.18. The number of likely N-dealkylation sites (N-methyl/N-ethyl adjacent to an activating group) is 1. The number of nitrogens with one attached hydrogen (secondary N) is 1. The van der Waals surface area contributed by atoms with E-state index in [9.17, 15) is 0 Å². The van der Waals surface area contributed by atoms with Gasteiger partial charge in [-0.25, -0.2) is 0 Å². The van der Waals surface area contributed by atoms with E-state index in [0.717, 1.165) is 47.6 Å². The van der Waals surface area contributed by atoms with Crippen LogP contribution in [0.2, 0.25) is 0 Å². The second kappa shape index (κ2) is 6.34. The molecule has 0 unspecified atom stereocenters. The minimum absolute atomic E-state index is 0.622. The van der Waals surface area contributed by atoms with Gasteiger partial charge in [-0.05, 0) is 24.9 Å². The minimum atomic E-state index is 0.622. The SMILES string of the molecule is CCN1CC=CC1.N#Cc1c(N)sc2c1CCc1[nH]ncc1-2. The van der Waals surface area contributed by atoms with E-state index >= 15 is 0 Å². The number of aromatic nitrogens is 2. The minimum Gasteiger partial charge on any atom is -0.389 e. The summed E-state index contributed by atoms with van der Waals surface area (Å²) in [6.45, 7) is 5.70. The Hall–Kier alpha value is -2.10. The van der Waals surface area contributed by atoms with Crippen molar-refractivity contribution < 1.29 is 0 Å². The van der Waals surface area contributed by atoms with Crippen molar-refractivity contribution in [1.82, 2.24) is 15.1 Å². The number of nitrogens with two attached hydrogens (primary N) is 1. The van der Waals surface area contributed by atoms with Crippen LogP contribution in [0, 0.1) is 11.3 Å². The molecule has 1 aliphatic carbocycles. The first-order chi connectivity index (χ1) is 10.7. The Bertz CT molecular complexity index is 726. The number of fused-ring (bicyclic) bond motifs is 3. The monoisotopic (exact) mass is 313 g/mol. The fourth-order valence-corrected chi connectivity index (χ4v) is 3.90. The Kier molecular flexibility index (Phi) is 4.27. The molecular weight excluding hydrogens is 294 g/mol. The van der Waals surface area contributed by atoms with Crippen LogP contribution in [-0.4, -0.2) is 34.7 Å². The molecule has 0 atom stereocenters. The molecule has 3 heterocycles. The Labute approximate surface area is 134 Å². The Morgan fingerprint density at radius 1 is 1.41 bits per heavy atom. The van der Waals surface area contributed by atoms with Crippen molar-refractivity contribution in [1.29, 1.82) is 5.26 Å². The van der Waals surface area contributed by atoms with Crippen LogP contribution < -0.4 is 5.73 Å². The topological polar surface area (TPSA) is 81.7 Å². The van der Waals surface area contributed by atoms with Gasteiger partial charge in [-0.1, -0.05) is 19.1 Å². The number of nitrogen functional groups attached to an aromatic ring is 1. The third-order valence-electron chi connectivity index (χ3n) is 4.08. The molecule has 0 aromatic carbocycles. The quantitative estimate of drug-likeness (QED) is 0.793. The Balaban J connectivity index is 0.000000174. The first-order valence-corrected chi connectivity index (χ1v) is 8.27. The number of anilines is 1. The summed E-state index contributed by atoms with van der Waals surface area (Å²) < 4.78 is 0. The lowest BCUT2D eigenvalue weighted by Gasteiger charge is -2.10. The molecule has 0 amide bonds. The molecule has 2 aromatic heterocycles. The zero-order valence-corrected chi connectivity index (χ0v) is 13.4. The summed E-state index contributed by atoms with van der Waals surface area (Å²) in [6, 6.07) is 2.18. The summed E-state index contributed by atoms with van der Waals surface area (Å²) >= 11 is 1.48. The smallest absolute Gasteiger partial charge is 0.105 e. The second-order valence-corrected chi connectivity index (χ2v) is 6.40. The summed E-state index contributed by atoms with van der Waals surface area (Å²) in [6.07, 6.45) is 8.02. The normalized spacial score (nSPS) is 15.6. The number of nitrogens with zero attached hydrogens (tertiary/aromatic N) is 3. The molecule has 0 bridgehead atoms. The molecule has 0 fully saturated rings. The molecule has 0 spiro atoms. The number of aryl methyl sites for hydroxylation is 1. The average molecular weight is 313 g/mol. The van der Waals surface area contributed by atoms with E-state index in [1.165, 1.54) is 17.9 Å². The van der Waals surface area contributed by atoms with Crippen LogP contribution in [0.1, 0.15) is 23.7 Å². The number of thiophene rings is 1. The molecule has 2 aromatic rings. The number of rotatable bonds is 1. The zero-order valence-electron chi connectivity index (χ0n) is 12.6. The highest BCUT2D eigenvalue weighted by molar-refractivity contribution is 7.19. The van der Waals surface area contributed by atoms with Crippen LogP contribution in [0.4, 0.5) is 5.00 Å². The van der Waals surface area contributed by atoms with Gasteiger partial charge in [0.25, 0.3) is 0 Å². The maximum Gasteiger partial charge on any atom is 0.105 e. The van der Waals surface area contributed by atoms with E-state index in [4.69, 9.17) is 11.0 Å². The fourth-order valence-electron chi connectivity index (χ4n) is 2.79. The van der Waals surface area contributed by atoms with Crippen molar-refractivity contribution >= 4 is 16.3 Å². The predicted molar refractivity (Wildman–Crippen MR) is 89.7 cm³/mol. The van der Waals surface area contributed by atoms with Gasteiger partial charge in [-0.15, -0.1) is 11.3 Å². The zero-order chi connectivity index (χ0) is 15.5. The first-order valence-electron chi connectivity index (χ1n) is 7.45. The van der Waals surface area contributed by atoms with Crippen molar-refractivity contribution in [2.24, 2.45) is 0 Å². The van der Waals surface area contributed by atoms with Gasteiger partial charge in [-0.2, -0.15) is 10.4 Å². The molecule has 5 nitrogen and oxygen atoms in total.